The molecule has 1 amide bonds. The van der Waals surface area contributed by atoms with E-state index in [0.717, 1.165) is 5.56 Å². The largest absolute Gasteiger partial charge is 0.398 e. The lowest BCUT2D eigenvalue weighted by atomic mass is 10.1. The average Bonchev–Trinajstić information content (AvgIpc) is 2.75. The minimum Gasteiger partial charge on any atom is -0.398 e. The predicted octanol–water partition coefficient (Wildman–Crippen LogP) is 0.636. The van der Waals surface area contributed by atoms with Gasteiger partial charge in [-0.3, -0.25) is 4.79 Å². The number of hydrogen-bond acceptors (Lipinski definition) is 4. The minimum atomic E-state index is -0.209. The molecule has 0 saturated carbocycles. The highest BCUT2D eigenvalue weighted by Gasteiger charge is 2.10. The molecule has 3 N–H and O–H groups in total. The van der Waals surface area contributed by atoms with Crippen molar-refractivity contribution in [2.75, 3.05) is 5.73 Å². The first-order valence-corrected chi connectivity index (χ1v) is 5.55. The number of carbonyl (C=O) groups excluding carboxylic acids is 1. The number of benzene rings is 1. The Kier molecular flexibility index (Phi) is 3.27. The van der Waals surface area contributed by atoms with E-state index in [9.17, 15) is 4.79 Å². The van der Waals surface area contributed by atoms with Gasteiger partial charge in [-0.15, -0.1) is 10.2 Å². The Hall–Kier alpha value is -2.37. The van der Waals surface area contributed by atoms with Gasteiger partial charge in [-0.2, -0.15) is 0 Å². The van der Waals surface area contributed by atoms with Crippen molar-refractivity contribution in [1.82, 2.24) is 20.1 Å². The molecule has 94 valence electrons. The Morgan fingerprint density at radius 1 is 1.50 bits per heavy atom. The maximum absolute atomic E-state index is 12.0. The zero-order valence-corrected chi connectivity index (χ0v) is 10.3. The second-order valence-corrected chi connectivity index (χ2v) is 4.13. The van der Waals surface area contributed by atoms with Crippen LogP contribution in [0.25, 0.3) is 0 Å². The molecule has 0 radical (unpaired) electrons. The van der Waals surface area contributed by atoms with Crippen LogP contribution in [-0.2, 0) is 13.6 Å². The van der Waals surface area contributed by atoms with Crippen LogP contribution in [0, 0.1) is 6.92 Å². The van der Waals surface area contributed by atoms with Gasteiger partial charge in [0.15, 0.2) is 5.82 Å². The second-order valence-electron chi connectivity index (χ2n) is 4.13. The third-order valence-corrected chi connectivity index (χ3v) is 2.67. The van der Waals surface area contributed by atoms with Crippen molar-refractivity contribution in [3.05, 3.63) is 41.5 Å². The van der Waals surface area contributed by atoms with Crippen molar-refractivity contribution in [3.8, 4) is 0 Å². The average molecular weight is 245 g/mol. The van der Waals surface area contributed by atoms with Crippen LogP contribution in [0.15, 0.2) is 24.5 Å². The minimum absolute atomic E-state index is 0.209. The zero-order valence-electron chi connectivity index (χ0n) is 10.3. The Morgan fingerprint density at radius 3 is 2.94 bits per heavy atom. The van der Waals surface area contributed by atoms with Gasteiger partial charge in [0, 0.05) is 12.7 Å². The van der Waals surface area contributed by atoms with Crippen molar-refractivity contribution in [1.29, 1.82) is 0 Å². The molecule has 0 atom stereocenters. The Morgan fingerprint density at radius 2 is 2.28 bits per heavy atom. The van der Waals surface area contributed by atoms with Crippen molar-refractivity contribution in [2.24, 2.45) is 7.05 Å². The number of nitrogens with zero attached hydrogens (tertiary/aromatic N) is 3. The molecular weight excluding hydrogens is 230 g/mol. The Bertz CT molecular complexity index is 576. The van der Waals surface area contributed by atoms with Crippen molar-refractivity contribution < 1.29 is 4.79 Å². The maximum Gasteiger partial charge on any atom is 0.253 e. The molecule has 0 bridgehead atoms. The fraction of sp³-hybridized carbons (Fsp3) is 0.250. The lowest BCUT2D eigenvalue weighted by Crippen LogP contribution is -2.25. The molecule has 1 aromatic heterocycles. The predicted molar refractivity (Wildman–Crippen MR) is 67.8 cm³/mol. The van der Waals surface area contributed by atoms with Crippen LogP contribution in [-0.4, -0.2) is 20.7 Å². The van der Waals surface area contributed by atoms with E-state index >= 15 is 0 Å². The second kappa shape index (κ2) is 4.87. The number of aromatic nitrogens is 3. The molecule has 1 aromatic carbocycles. The molecule has 1 heterocycles. The van der Waals surface area contributed by atoms with Gasteiger partial charge >= 0.3 is 0 Å². The van der Waals surface area contributed by atoms with Crippen molar-refractivity contribution in [3.63, 3.8) is 0 Å². The van der Waals surface area contributed by atoms with Crippen LogP contribution in [0.2, 0.25) is 0 Å². The van der Waals surface area contributed by atoms with E-state index in [-0.39, 0.29) is 5.91 Å². The summed E-state index contributed by atoms with van der Waals surface area (Å²) in [6.07, 6.45) is 1.59. The summed E-state index contributed by atoms with van der Waals surface area (Å²) in [5.41, 5.74) is 7.72. The molecule has 0 aliphatic rings. The van der Waals surface area contributed by atoms with E-state index in [1.807, 2.05) is 20.0 Å². The molecule has 0 fully saturated rings. The first-order valence-electron chi connectivity index (χ1n) is 5.55. The van der Waals surface area contributed by atoms with Crippen molar-refractivity contribution >= 4 is 11.6 Å². The number of anilines is 1. The van der Waals surface area contributed by atoms with Gasteiger partial charge in [0.1, 0.15) is 6.33 Å². The van der Waals surface area contributed by atoms with Gasteiger partial charge < -0.3 is 15.6 Å². The molecule has 0 spiro atoms. The lowest BCUT2D eigenvalue weighted by Gasteiger charge is -2.07. The number of amides is 1. The quantitative estimate of drug-likeness (QED) is 0.777. The highest BCUT2D eigenvalue weighted by Crippen LogP contribution is 2.13. The topological polar surface area (TPSA) is 85.8 Å². The number of nitrogen functional groups attached to an aromatic ring is 1. The monoisotopic (exact) mass is 245 g/mol. The summed E-state index contributed by atoms with van der Waals surface area (Å²) in [6.45, 7) is 2.24. The first kappa shape index (κ1) is 12.1. The summed E-state index contributed by atoms with van der Waals surface area (Å²) in [6, 6.07) is 5.36. The molecule has 6 heteroatoms. The first-order chi connectivity index (χ1) is 8.58. The molecule has 2 aromatic rings. The molecular formula is C12H15N5O. The van der Waals surface area contributed by atoms with E-state index in [1.165, 1.54) is 0 Å². The summed E-state index contributed by atoms with van der Waals surface area (Å²) in [5, 5.41) is 10.4. The van der Waals surface area contributed by atoms with Gasteiger partial charge in [0.25, 0.3) is 5.91 Å². The number of nitrogens with two attached hydrogens (primary N) is 1. The lowest BCUT2D eigenvalue weighted by molar-refractivity contribution is 0.0950. The van der Waals surface area contributed by atoms with Crippen LogP contribution in [0.3, 0.4) is 0 Å². The number of nitrogens with one attached hydrogen (secondary N) is 1. The number of aryl methyl sites for hydroxylation is 2. The SMILES string of the molecule is Cc1ccc(N)c(C(=O)NCc2nncn2C)c1. The van der Waals surface area contributed by atoms with Gasteiger partial charge in [0.2, 0.25) is 0 Å². The molecule has 18 heavy (non-hydrogen) atoms. The van der Waals surface area contributed by atoms with Crippen LogP contribution in [0.1, 0.15) is 21.7 Å². The molecule has 0 saturated heterocycles. The van der Waals surface area contributed by atoms with E-state index in [4.69, 9.17) is 5.73 Å². The number of hydrogen-bond donors (Lipinski definition) is 2. The summed E-state index contributed by atoms with van der Waals surface area (Å²) >= 11 is 0. The van der Waals surface area contributed by atoms with Gasteiger partial charge in [-0.05, 0) is 19.1 Å². The standard InChI is InChI=1S/C12H15N5O/c1-8-3-4-10(13)9(5-8)12(18)14-6-11-16-15-7-17(11)2/h3-5,7H,6,13H2,1-2H3,(H,14,18). The summed E-state index contributed by atoms with van der Waals surface area (Å²) in [4.78, 5) is 12.0. The molecule has 2 rings (SSSR count). The highest BCUT2D eigenvalue weighted by molar-refractivity contribution is 5.99. The van der Waals surface area contributed by atoms with Crippen LogP contribution in [0.4, 0.5) is 5.69 Å². The number of carbonyl (C=O) groups is 1. The van der Waals surface area contributed by atoms with E-state index in [0.29, 0.717) is 23.6 Å². The summed E-state index contributed by atoms with van der Waals surface area (Å²) in [7, 11) is 1.82. The van der Waals surface area contributed by atoms with Crippen molar-refractivity contribution in [2.45, 2.75) is 13.5 Å². The third kappa shape index (κ3) is 2.48. The van der Waals surface area contributed by atoms with E-state index in [1.54, 1.807) is 23.0 Å². The Labute approximate surface area is 105 Å². The fourth-order valence-electron chi connectivity index (χ4n) is 1.59. The van der Waals surface area contributed by atoms with Gasteiger partial charge in [0.05, 0.1) is 12.1 Å². The third-order valence-electron chi connectivity index (χ3n) is 2.67. The maximum atomic E-state index is 12.0. The summed E-state index contributed by atoms with van der Waals surface area (Å²) in [5.74, 6) is 0.480. The van der Waals surface area contributed by atoms with Gasteiger partial charge in [-0.25, -0.2) is 0 Å². The smallest absolute Gasteiger partial charge is 0.253 e. The molecule has 0 aliphatic carbocycles. The molecule has 6 nitrogen and oxygen atoms in total. The van der Waals surface area contributed by atoms with Crippen LogP contribution >= 0.6 is 0 Å². The normalized spacial score (nSPS) is 10.3. The van der Waals surface area contributed by atoms with Gasteiger partial charge in [-0.1, -0.05) is 11.6 Å². The fourth-order valence-corrected chi connectivity index (χ4v) is 1.59. The zero-order chi connectivity index (χ0) is 13.1. The number of rotatable bonds is 3. The Balaban J connectivity index is 2.08. The van der Waals surface area contributed by atoms with Crippen LogP contribution < -0.4 is 11.1 Å². The molecule has 0 unspecified atom stereocenters. The van der Waals surface area contributed by atoms with Crippen LogP contribution in [0.5, 0.6) is 0 Å². The summed E-state index contributed by atoms with van der Waals surface area (Å²) < 4.78 is 1.75. The highest BCUT2D eigenvalue weighted by atomic mass is 16.1. The van der Waals surface area contributed by atoms with E-state index in [2.05, 4.69) is 15.5 Å². The molecule has 0 aliphatic heterocycles. The van der Waals surface area contributed by atoms with E-state index < -0.39 is 0 Å².